The first-order valence-electron chi connectivity index (χ1n) is 9.32. The molecule has 0 fully saturated rings. The zero-order chi connectivity index (χ0) is 23.8. The van der Waals surface area contributed by atoms with Crippen LogP contribution < -0.4 is 16.0 Å². The molecule has 0 bridgehead atoms. The number of allylic oxidation sites excluding steroid dienone is 1. The Hall–Kier alpha value is -3.84. The molecule has 0 unspecified atom stereocenters. The van der Waals surface area contributed by atoms with Crippen LogP contribution in [0, 0.1) is 22.6 Å². The van der Waals surface area contributed by atoms with Gasteiger partial charge in [-0.2, -0.15) is 5.26 Å². The van der Waals surface area contributed by atoms with E-state index in [0.29, 0.717) is 5.56 Å². The molecule has 164 valence electrons. The summed E-state index contributed by atoms with van der Waals surface area (Å²) in [6.07, 6.45) is 3.85. The van der Waals surface area contributed by atoms with Gasteiger partial charge in [-0.3, -0.25) is 15.0 Å². The summed E-state index contributed by atoms with van der Waals surface area (Å²) in [5, 5.41) is 24.8. The highest BCUT2D eigenvalue weighted by molar-refractivity contribution is 9.18. The van der Waals surface area contributed by atoms with Gasteiger partial charge in [-0.05, 0) is 65.7 Å². The van der Waals surface area contributed by atoms with Crippen molar-refractivity contribution in [1.82, 2.24) is 10.3 Å². The van der Waals surface area contributed by atoms with E-state index in [4.69, 9.17) is 5.41 Å². The lowest BCUT2D eigenvalue weighted by atomic mass is 10.0. The molecule has 0 aliphatic carbocycles. The maximum absolute atomic E-state index is 14.0. The number of carbonyl (C=O) groups excluding carboxylic acids is 2. The zero-order valence-corrected chi connectivity index (χ0v) is 18.9. The first-order valence-corrected chi connectivity index (χ1v) is 10.1. The van der Waals surface area contributed by atoms with Crippen LogP contribution in [-0.2, 0) is 4.79 Å². The summed E-state index contributed by atoms with van der Waals surface area (Å²) >= 11 is 2.93. The lowest BCUT2D eigenvalue weighted by Crippen LogP contribution is -2.31. The lowest BCUT2D eigenvalue weighted by Gasteiger charge is -2.17. The van der Waals surface area contributed by atoms with Crippen LogP contribution in [0.4, 0.5) is 15.9 Å². The van der Waals surface area contributed by atoms with Gasteiger partial charge in [0.25, 0.3) is 11.8 Å². The third-order valence-electron chi connectivity index (χ3n) is 3.95. The number of nitriles is 1. The maximum atomic E-state index is 14.0. The fourth-order valence-electron chi connectivity index (χ4n) is 2.62. The summed E-state index contributed by atoms with van der Waals surface area (Å²) in [5.41, 5.74) is 0.497. The van der Waals surface area contributed by atoms with E-state index in [-0.39, 0.29) is 39.0 Å². The molecular formula is C22H20BrFN6O2. The Kier molecular flexibility index (Phi) is 8.38. The van der Waals surface area contributed by atoms with E-state index in [0.717, 1.165) is 12.1 Å². The summed E-state index contributed by atoms with van der Waals surface area (Å²) in [5.74, 6) is -2.19. The first-order chi connectivity index (χ1) is 15.2. The fourth-order valence-corrected chi connectivity index (χ4v) is 2.85. The molecule has 8 nitrogen and oxygen atoms in total. The van der Waals surface area contributed by atoms with Gasteiger partial charge in [0.05, 0.1) is 27.5 Å². The number of carbonyl (C=O) groups is 2. The molecule has 2 amide bonds. The zero-order valence-electron chi connectivity index (χ0n) is 17.3. The van der Waals surface area contributed by atoms with Gasteiger partial charge in [0.15, 0.2) is 11.6 Å². The summed E-state index contributed by atoms with van der Waals surface area (Å²) in [6, 6.07) is 7.15. The van der Waals surface area contributed by atoms with Crippen LogP contribution in [0.5, 0.6) is 0 Å². The van der Waals surface area contributed by atoms with Gasteiger partial charge in [-0.25, -0.2) is 9.37 Å². The Morgan fingerprint density at radius 3 is 2.62 bits per heavy atom. The van der Waals surface area contributed by atoms with Crippen molar-refractivity contribution in [1.29, 1.82) is 10.7 Å². The minimum atomic E-state index is -0.773. The van der Waals surface area contributed by atoms with Crippen molar-refractivity contribution in [2.75, 3.05) is 10.6 Å². The van der Waals surface area contributed by atoms with E-state index in [1.165, 1.54) is 30.5 Å². The average molecular weight is 499 g/mol. The number of hydrogen-bond donors (Lipinski definition) is 4. The average Bonchev–Trinajstić information content (AvgIpc) is 2.73. The Labute approximate surface area is 192 Å². The van der Waals surface area contributed by atoms with Gasteiger partial charge in [-0.15, -0.1) is 0 Å². The van der Waals surface area contributed by atoms with E-state index in [9.17, 15) is 19.2 Å². The van der Waals surface area contributed by atoms with E-state index < -0.39 is 17.6 Å². The van der Waals surface area contributed by atoms with Crippen LogP contribution in [0.2, 0.25) is 0 Å². The van der Waals surface area contributed by atoms with Crippen LogP contribution in [0.25, 0.3) is 6.08 Å². The fraction of sp³-hybridized carbons (Fsp3) is 0.136. The highest BCUT2D eigenvalue weighted by Gasteiger charge is 2.21. The standard InChI is InChI=1S/C22H20BrFN6O2/c1-4-14-8-13(11-25)9-15(21(31)28-12(2)3)19(14)30-22(32)17(10-18(23)26)29-20-16(24)6-5-7-27-20/h4-10,12,26H,1H2,2-3H3,(H,27,29)(H,28,31)(H,30,32)/b17-10-,26-18?. The number of amides is 2. The third kappa shape index (κ3) is 6.33. The molecule has 0 radical (unpaired) electrons. The molecule has 32 heavy (non-hydrogen) atoms. The smallest absolute Gasteiger partial charge is 0.272 e. The summed E-state index contributed by atoms with van der Waals surface area (Å²) in [7, 11) is 0. The Morgan fingerprint density at radius 2 is 2.06 bits per heavy atom. The van der Waals surface area contributed by atoms with E-state index in [1.807, 2.05) is 6.07 Å². The normalized spacial score (nSPS) is 10.8. The Bertz CT molecular complexity index is 1150. The van der Waals surface area contributed by atoms with Crippen molar-refractivity contribution in [3.63, 3.8) is 0 Å². The molecule has 2 aromatic rings. The van der Waals surface area contributed by atoms with E-state index in [1.54, 1.807) is 13.8 Å². The molecule has 1 heterocycles. The van der Waals surface area contributed by atoms with Gasteiger partial charge < -0.3 is 16.0 Å². The molecule has 1 aromatic heterocycles. The molecule has 0 spiro atoms. The number of aromatic nitrogens is 1. The van der Waals surface area contributed by atoms with Crippen molar-refractivity contribution in [2.45, 2.75) is 19.9 Å². The van der Waals surface area contributed by atoms with Crippen molar-refractivity contribution in [2.24, 2.45) is 0 Å². The van der Waals surface area contributed by atoms with Crippen LogP contribution in [0.1, 0.15) is 35.3 Å². The molecular weight excluding hydrogens is 479 g/mol. The second-order valence-electron chi connectivity index (χ2n) is 6.75. The van der Waals surface area contributed by atoms with Gasteiger partial charge in [0.2, 0.25) is 0 Å². The Balaban J connectivity index is 2.52. The van der Waals surface area contributed by atoms with Gasteiger partial charge in [0.1, 0.15) is 5.70 Å². The predicted molar refractivity (Wildman–Crippen MR) is 125 cm³/mol. The van der Waals surface area contributed by atoms with Crippen LogP contribution in [0.3, 0.4) is 0 Å². The number of anilines is 2. The summed E-state index contributed by atoms with van der Waals surface area (Å²) in [6.45, 7) is 7.23. The van der Waals surface area contributed by atoms with Crippen molar-refractivity contribution in [3.05, 3.63) is 71.3 Å². The number of nitrogens with zero attached hydrogens (tertiary/aromatic N) is 2. The van der Waals surface area contributed by atoms with E-state index in [2.05, 4.69) is 43.4 Å². The van der Waals surface area contributed by atoms with Crippen LogP contribution in [0.15, 0.2) is 48.8 Å². The summed E-state index contributed by atoms with van der Waals surface area (Å²) in [4.78, 5) is 29.6. The third-order valence-corrected chi connectivity index (χ3v) is 4.18. The molecule has 2 rings (SSSR count). The molecule has 0 atom stereocenters. The van der Waals surface area contributed by atoms with Gasteiger partial charge in [0, 0.05) is 12.2 Å². The molecule has 0 aliphatic heterocycles. The van der Waals surface area contributed by atoms with Crippen molar-refractivity contribution in [3.8, 4) is 6.07 Å². The summed E-state index contributed by atoms with van der Waals surface area (Å²) < 4.78 is 13.9. The van der Waals surface area contributed by atoms with Crippen molar-refractivity contribution < 1.29 is 14.0 Å². The maximum Gasteiger partial charge on any atom is 0.272 e. The van der Waals surface area contributed by atoms with Crippen LogP contribution in [-0.4, -0.2) is 27.5 Å². The molecule has 0 saturated carbocycles. The topological polar surface area (TPSA) is 131 Å². The number of benzene rings is 1. The number of rotatable bonds is 8. The molecule has 0 aliphatic rings. The number of hydrogen-bond acceptors (Lipinski definition) is 6. The predicted octanol–water partition coefficient (Wildman–Crippen LogP) is 4.18. The monoisotopic (exact) mass is 498 g/mol. The Morgan fingerprint density at radius 1 is 1.34 bits per heavy atom. The minimum Gasteiger partial charge on any atom is -0.350 e. The number of pyridine rings is 1. The molecule has 10 heteroatoms. The largest absolute Gasteiger partial charge is 0.350 e. The highest BCUT2D eigenvalue weighted by atomic mass is 79.9. The molecule has 1 aromatic carbocycles. The van der Waals surface area contributed by atoms with Crippen molar-refractivity contribution >= 4 is 49.9 Å². The van der Waals surface area contributed by atoms with Gasteiger partial charge in [-0.1, -0.05) is 12.7 Å². The highest BCUT2D eigenvalue weighted by Crippen LogP contribution is 2.26. The minimum absolute atomic E-state index is 0.0540. The van der Waals surface area contributed by atoms with E-state index >= 15 is 0 Å². The molecule has 0 saturated heterocycles. The molecule has 4 N–H and O–H groups in total. The lowest BCUT2D eigenvalue weighted by molar-refractivity contribution is -0.112. The number of halogens is 2. The second kappa shape index (κ2) is 11.0. The van der Waals surface area contributed by atoms with Crippen LogP contribution >= 0.6 is 15.9 Å². The quantitative estimate of drug-likeness (QED) is 0.320. The second-order valence-corrected chi connectivity index (χ2v) is 7.61. The SMILES string of the molecule is C=Cc1cc(C#N)cc(C(=O)NC(C)C)c1NC(=O)/C(=C/C(=N)Br)Nc1ncccc1F. The number of nitrogens with one attached hydrogen (secondary N) is 4. The van der Waals surface area contributed by atoms with Gasteiger partial charge >= 0.3 is 0 Å². The first kappa shape index (κ1) is 24.4.